The van der Waals surface area contributed by atoms with Crippen molar-refractivity contribution in [2.45, 2.75) is 52.1 Å². The summed E-state index contributed by atoms with van der Waals surface area (Å²) in [5.74, 6) is 1.69. The number of aryl methyl sites for hydroxylation is 1. The van der Waals surface area contributed by atoms with Gasteiger partial charge in [0.25, 0.3) is 5.03 Å². The van der Waals surface area contributed by atoms with E-state index in [1.165, 1.54) is 18.2 Å². The molecule has 0 aromatic carbocycles. The molecular weight excluding hydrogens is 535 g/mol. The van der Waals surface area contributed by atoms with Gasteiger partial charge < -0.3 is 21.1 Å². The van der Waals surface area contributed by atoms with Crippen LogP contribution >= 0.6 is 46.0 Å². The van der Waals surface area contributed by atoms with Crippen LogP contribution in [0.15, 0.2) is 28.4 Å². The van der Waals surface area contributed by atoms with Crippen molar-refractivity contribution in [1.82, 2.24) is 9.97 Å². The van der Waals surface area contributed by atoms with E-state index in [1.54, 1.807) is 13.3 Å². The third-order valence-corrected chi connectivity index (χ3v) is 8.71. The molecule has 1 aliphatic rings. The minimum Gasteiger partial charge on any atom is -0.382 e. The monoisotopic (exact) mass is 563 g/mol. The molecule has 0 saturated carbocycles. The Labute approximate surface area is 201 Å². The Morgan fingerprint density at radius 1 is 1.37 bits per heavy atom. The van der Waals surface area contributed by atoms with E-state index in [0.717, 1.165) is 48.1 Å². The molecule has 4 N–H and O–H groups in total. The summed E-state index contributed by atoms with van der Waals surface area (Å²) in [4.78, 5) is 11.9. The number of hydrogen-bond acceptors (Lipinski definition) is 7. The first kappa shape index (κ1) is 23.6. The second-order valence-electron chi connectivity index (χ2n) is 7.75. The Bertz CT molecular complexity index is 881. The third kappa shape index (κ3) is 5.60. The van der Waals surface area contributed by atoms with E-state index in [-0.39, 0.29) is 9.53 Å². The molecule has 3 heterocycles. The number of ether oxygens (including phenoxy) is 1. The van der Waals surface area contributed by atoms with Crippen molar-refractivity contribution in [2.75, 3.05) is 36.6 Å². The largest absolute Gasteiger partial charge is 0.382 e. The highest BCUT2D eigenvalue weighted by atomic mass is 127. The maximum Gasteiger partial charge on any atom is 0.287 e. The van der Waals surface area contributed by atoms with E-state index < -0.39 is 0 Å². The average molecular weight is 564 g/mol. The number of rotatable bonds is 6. The summed E-state index contributed by atoms with van der Waals surface area (Å²) in [7, 11) is 3.76. The molecule has 1 saturated heterocycles. The summed E-state index contributed by atoms with van der Waals surface area (Å²) < 4.78 is 7.76. The first-order chi connectivity index (χ1) is 14.2. The number of nitrogen functional groups attached to an aromatic ring is 2. The first-order valence-electron chi connectivity index (χ1n) is 9.93. The van der Waals surface area contributed by atoms with Crippen LogP contribution in [0.2, 0.25) is 5.02 Å². The Morgan fingerprint density at radius 2 is 2.13 bits per heavy atom. The minimum atomic E-state index is 0.253. The van der Waals surface area contributed by atoms with Crippen molar-refractivity contribution in [1.29, 1.82) is 0 Å². The van der Waals surface area contributed by atoms with Gasteiger partial charge in [-0.25, -0.2) is 9.97 Å². The topological polar surface area (TPSA) is 94.2 Å². The lowest BCUT2D eigenvalue weighted by atomic mass is 9.94. The summed E-state index contributed by atoms with van der Waals surface area (Å²) in [5, 5.41) is 1.25. The van der Waals surface area contributed by atoms with E-state index >= 15 is 0 Å². The van der Waals surface area contributed by atoms with Gasteiger partial charge in [0.15, 0.2) is 5.82 Å². The molecule has 1 fully saturated rings. The van der Waals surface area contributed by atoms with Gasteiger partial charge in [-0.05, 0) is 50.4 Å². The van der Waals surface area contributed by atoms with Crippen LogP contribution in [0.1, 0.15) is 32.6 Å². The highest BCUT2D eigenvalue weighted by Crippen LogP contribution is 2.38. The Hall–Kier alpha value is -1.04. The predicted molar refractivity (Wildman–Crippen MR) is 132 cm³/mol. The van der Waals surface area contributed by atoms with Crippen LogP contribution in [-0.4, -0.2) is 39.7 Å². The van der Waals surface area contributed by atoms with Gasteiger partial charge in [0.2, 0.25) is 12.0 Å². The molecule has 0 spiro atoms. The second kappa shape index (κ2) is 10.1. The fourth-order valence-corrected chi connectivity index (χ4v) is 6.05. The fourth-order valence-electron chi connectivity index (χ4n) is 3.70. The van der Waals surface area contributed by atoms with Crippen molar-refractivity contribution < 1.29 is 9.30 Å². The van der Waals surface area contributed by atoms with Gasteiger partial charge in [-0.1, -0.05) is 34.2 Å². The third-order valence-electron chi connectivity index (χ3n) is 5.43. The number of hydrogen-bond donors (Lipinski definition) is 2. The van der Waals surface area contributed by atoms with Gasteiger partial charge in [0, 0.05) is 34.7 Å². The van der Waals surface area contributed by atoms with E-state index in [0.29, 0.717) is 16.7 Å². The summed E-state index contributed by atoms with van der Waals surface area (Å²) >= 11 is 10.4. The molecule has 0 aliphatic carbocycles. The molecule has 2 atom stereocenters. The van der Waals surface area contributed by atoms with E-state index in [2.05, 4.69) is 39.4 Å². The molecule has 164 valence electrons. The van der Waals surface area contributed by atoms with Crippen LogP contribution in [0.3, 0.4) is 0 Å². The second-order valence-corrected chi connectivity index (χ2v) is 11.4. The number of alkyl halides is 1. The zero-order valence-electron chi connectivity index (χ0n) is 17.6. The number of anilines is 3. The van der Waals surface area contributed by atoms with E-state index in [1.807, 2.05) is 23.9 Å². The molecule has 1 unspecified atom stereocenters. The molecule has 0 amide bonds. The molecule has 7 nitrogen and oxygen atoms in total. The van der Waals surface area contributed by atoms with Gasteiger partial charge in [0.1, 0.15) is 12.9 Å². The van der Waals surface area contributed by atoms with Crippen LogP contribution < -0.4 is 20.9 Å². The number of halogens is 2. The molecule has 3 rings (SSSR count). The summed E-state index contributed by atoms with van der Waals surface area (Å²) in [6, 6.07) is 1.83. The molecule has 0 radical (unpaired) electrons. The summed E-state index contributed by atoms with van der Waals surface area (Å²) in [5.41, 5.74) is 12.2. The fraction of sp³-hybridized carbons (Fsp3) is 0.550. The standard InChI is InChI=1S/C20H29ClIN6OS/c1-13(29-3)11-20(22)6-4-9-28(10-7-20)15-12-27(2)19(18(24)26-15)30-14-5-8-25-17(23)16(14)21/h5,8,12-13H,4,6-7,9-11H2,1-3H3,(H2,23,25)(H2,24,26)/q+1/t13-,20?/m0/s1. The zero-order chi connectivity index (χ0) is 21.9. The molecular formula is C20H29ClIN6OS+. The van der Waals surface area contributed by atoms with Gasteiger partial charge >= 0.3 is 0 Å². The minimum absolute atomic E-state index is 0.253. The van der Waals surface area contributed by atoms with Crippen LogP contribution in [-0.2, 0) is 11.8 Å². The smallest absolute Gasteiger partial charge is 0.287 e. The highest BCUT2D eigenvalue weighted by Gasteiger charge is 2.32. The van der Waals surface area contributed by atoms with E-state index in [4.69, 9.17) is 32.8 Å². The van der Waals surface area contributed by atoms with Gasteiger partial charge in [0.05, 0.1) is 11.1 Å². The van der Waals surface area contributed by atoms with Gasteiger partial charge in [-0.2, -0.15) is 4.57 Å². The number of aromatic nitrogens is 3. The number of nitrogens with two attached hydrogens (primary N) is 2. The van der Waals surface area contributed by atoms with Crippen molar-refractivity contribution in [3.8, 4) is 0 Å². The zero-order valence-corrected chi connectivity index (χ0v) is 21.3. The van der Waals surface area contributed by atoms with Crippen molar-refractivity contribution in [3.63, 3.8) is 0 Å². The highest BCUT2D eigenvalue weighted by molar-refractivity contribution is 14.1. The Morgan fingerprint density at radius 3 is 2.83 bits per heavy atom. The van der Waals surface area contributed by atoms with Crippen LogP contribution in [0, 0.1) is 0 Å². The molecule has 30 heavy (non-hydrogen) atoms. The van der Waals surface area contributed by atoms with Crippen molar-refractivity contribution in [3.05, 3.63) is 23.5 Å². The SMILES string of the molecule is CO[C@@H](C)CC1(I)CCCN(c2c[n+](C)c(Sc3ccnc(N)c3Cl)c(N)n2)CC1. The Balaban J connectivity index is 1.77. The lowest BCUT2D eigenvalue weighted by molar-refractivity contribution is -0.707. The number of nitrogens with zero attached hydrogens (tertiary/aromatic N) is 4. The first-order valence-corrected chi connectivity index (χ1v) is 12.2. The van der Waals surface area contributed by atoms with Crippen LogP contribution in [0.4, 0.5) is 17.5 Å². The number of pyridine rings is 1. The lowest BCUT2D eigenvalue weighted by Gasteiger charge is -2.29. The maximum atomic E-state index is 6.35. The quantitative estimate of drug-likeness (QED) is 0.313. The summed E-state index contributed by atoms with van der Waals surface area (Å²) in [6.07, 6.45) is 8.39. The Kier molecular flexibility index (Phi) is 7.92. The average Bonchev–Trinajstić information content (AvgIpc) is 2.89. The molecule has 2 aromatic heterocycles. The molecule has 0 bridgehead atoms. The normalized spacial score (nSPS) is 20.8. The predicted octanol–water partition coefficient (Wildman–Crippen LogP) is 3.86. The van der Waals surface area contributed by atoms with Crippen LogP contribution in [0.25, 0.3) is 0 Å². The molecule has 1 aliphatic heterocycles. The van der Waals surface area contributed by atoms with Gasteiger partial charge in [-0.3, -0.25) is 0 Å². The molecule has 10 heteroatoms. The van der Waals surface area contributed by atoms with Gasteiger partial charge in [-0.15, -0.1) is 0 Å². The lowest BCUT2D eigenvalue weighted by Crippen LogP contribution is -2.36. The maximum absolute atomic E-state index is 6.35. The van der Waals surface area contributed by atoms with E-state index in [9.17, 15) is 0 Å². The number of methoxy groups -OCH3 is 1. The summed E-state index contributed by atoms with van der Waals surface area (Å²) in [6.45, 7) is 4.06. The van der Waals surface area contributed by atoms with Crippen LogP contribution in [0.5, 0.6) is 0 Å². The van der Waals surface area contributed by atoms with Crippen molar-refractivity contribution >= 4 is 63.4 Å². The molecule has 2 aromatic rings. The van der Waals surface area contributed by atoms with Crippen molar-refractivity contribution in [2.24, 2.45) is 7.05 Å².